The number of nitrogens with two attached hydrogens (primary N) is 1. The minimum atomic E-state index is -0.575. The summed E-state index contributed by atoms with van der Waals surface area (Å²) in [6, 6.07) is -0.575. The molecule has 0 aliphatic rings. The Balaban J connectivity index is 3.87. The number of carbonyl (C=O) groups excluding carboxylic acids is 1. The maximum absolute atomic E-state index is 11.2. The van der Waals surface area contributed by atoms with Gasteiger partial charge < -0.3 is 15.8 Å². The molecule has 0 fully saturated rings. The second-order valence-corrected chi connectivity index (χ2v) is 3.80. The highest BCUT2D eigenvalue weighted by Gasteiger charge is 2.18. The highest BCUT2D eigenvalue weighted by molar-refractivity contribution is 5.82. The van der Waals surface area contributed by atoms with Crippen LogP contribution in [0.25, 0.3) is 0 Å². The monoisotopic (exact) mass is 174 g/mol. The summed E-state index contributed by atoms with van der Waals surface area (Å²) in [5, 5.41) is 2.76. The van der Waals surface area contributed by atoms with Gasteiger partial charge in [-0.3, -0.25) is 4.79 Å². The second kappa shape index (κ2) is 4.42. The zero-order valence-corrected chi connectivity index (χ0v) is 8.18. The standard InChI is InChI=1S/C8H18N2O2/c1-8(2,3)10-7(11)6(9)5-12-4/h6H,5,9H2,1-4H3,(H,10,11). The summed E-state index contributed by atoms with van der Waals surface area (Å²) in [5.41, 5.74) is 5.26. The first kappa shape index (κ1) is 11.4. The van der Waals surface area contributed by atoms with E-state index in [4.69, 9.17) is 10.5 Å². The zero-order valence-electron chi connectivity index (χ0n) is 8.18. The van der Waals surface area contributed by atoms with Crippen molar-refractivity contribution in [1.29, 1.82) is 0 Å². The molecular weight excluding hydrogens is 156 g/mol. The summed E-state index contributed by atoms with van der Waals surface area (Å²) >= 11 is 0. The Morgan fingerprint density at radius 1 is 1.58 bits per heavy atom. The first-order valence-electron chi connectivity index (χ1n) is 3.93. The molecule has 0 heterocycles. The molecule has 3 N–H and O–H groups in total. The lowest BCUT2D eigenvalue weighted by molar-refractivity contribution is -0.124. The fourth-order valence-corrected chi connectivity index (χ4v) is 0.718. The average molecular weight is 174 g/mol. The van der Waals surface area contributed by atoms with Crippen molar-refractivity contribution in [3.63, 3.8) is 0 Å². The molecule has 1 atom stereocenters. The summed E-state index contributed by atoms with van der Waals surface area (Å²) in [7, 11) is 1.52. The van der Waals surface area contributed by atoms with Gasteiger partial charge in [0.1, 0.15) is 6.04 Å². The molecule has 0 rings (SSSR count). The number of methoxy groups -OCH3 is 1. The van der Waals surface area contributed by atoms with Crippen LogP contribution in [0, 0.1) is 0 Å². The van der Waals surface area contributed by atoms with E-state index < -0.39 is 6.04 Å². The van der Waals surface area contributed by atoms with Crippen molar-refractivity contribution in [2.24, 2.45) is 5.73 Å². The number of hydrogen-bond acceptors (Lipinski definition) is 3. The normalized spacial score (nSPS) is 14.1. The van der Waals surface area contributed by atoms with E-state index in [1.807, 2.05) is 20.8 Å². The molecule has 0 saturated carbocycles. The van der Waals surface area contributed by atoms with Crippen LogP contribution < -0.4 is 11.1 Å². The molecule has 72 valence electrons. The third kappa shape index (κ3) is 5.09. The van der Waals surface area contributed by atoms with Crippen molar-refractivity contribution in [3.8, 4) is 0 Å². The fourth-order valence-electron chi connectivity index (χ4n) is 0.718. The van der Waals surface area contributed by atoms with E-state index in [0.717, 1.165) is 0 Å². The van der Waals surface area contributed by atoms with Crippen LogP contribution in [0.4, 0.5) is 0 Å². The number of amides is 1. The SMILES string of the molecule is COCC(N)C(=O)NC(C)(C)C. The van der Waals surface area contributed by atoms with E-state index in [0.29, 0.717) is 0 Å². The fraction of sp³-hybridized carbons (Fsp3) is 0.875. The number of hydrogen-bond donors (Lipinski definition) is 2. The summed E-state index contributed by atoms with van der Waals surface area (Å²) in [6.45, 7) is 5.97. The lowest BCUT2D eigenvalue weighted by atomic mass is 10.1. The molecule has 0 aliphatic heterocycles. The number of ether oxygens (including phenoxy) is 1. The molecule has 0 saturated heterocycles. The van der Waals surface area contributed by atoms with Gasteiger partial charge in [-0.25, -0.2) is 0 Å². The van der Waals surface area contributed by atoms with Crippen molar-refractivity contribution in [2.75, 3.05) is 13.7 Å². The summed E-state index contributed by atoms with van der Waals surface area (Å²) < 4.78 is 4.75. The van der Waals surface area contributed by atoms with Gasteiger partial charge >= 0.3 is 0 Å². The lowest BCUT2D eigenvalue weighted by Crippen LogP contribution is -2.50. The predicted molar refractivity (Wildman–Crippen MR) is 47.7 cm³/mol. The van der Waals surface area contributed by atoms with Crippen LogP contribution in [0.15, 0.2) is 0 Å². The van der Waals surface area contributed by atoms with Crippen LogP contribution in [0.1, 0.15) is 20.8 Å². The third-order valence-corrected chi connectivity index (χ3v) is 1.18. The van der Waals surface area contributed by atoms with E-state index in [9.17, 15) is 4.79 Å². The summed E-state index contributed by atoms with van der Waals surface area (Å²) in [6.07, 6.45) is 0. The van der Waals surface area contributed by atoms with Gasteiger partial charge in [0.25, 0.3) is 0 Å². The van der Waals surface area contributed by atoms with Crippen molar-refractivity contribution in [1.82, 2.24) is 5.32 Å². The van der Waals surface area contributed by atoms with Gasteiger partial charge in [-0.2, -0.15) is 0 Å². The van der Waals surface area contributed by atoms with E-state index >= 15 is 0 Å². The van der Waals surface area contributed by atoms with Crippen LogP contribution in [-0.2, 0) is 9.53 Å². The topological polar surface area (TPSA) is 64.3 Å². The molecular formula is C8H18N2O2. The Hall–Kier alpha value is -0.610. The predicted octanol–water partition coefficient (Wildman–Crippen LogP) is -0.125. The van der Waals surface area contributed by atoms with Gasteiger partial charge in [0.2, 0.25) is 5.91 Å². The van der Waals surface area contributed by atoms with Crippen LogP contribution in [0.2, 0.25) is 0 Å². The molecule has 12 heavy (non-hydrogen) atoms. The van der Waals surface area contributed by atoms with E-state index in [1.54, 1.807) is 0 Å². The first-order valence-corrected chi connectivity index (χ1v) is 3.93. The lowest BCUT2D eigenvalue weighted by Gasteiger charge is -2.22. The Morgan fingerprint density at radius 3 is 2.42 bits per heavy atom. The largest absolute Gasteiger partial charge is 0.383 e. The third-order valence-electron chi connectivity index (χ3n) is 1.18. The minimum Gasteiger partial charge on any atom is -0.383 e. The molecule has 0 aromatic carbocycles. The average Bonchev–Trinajstić information content (AvgIpc) is 1.84. The molecule has 1 unspecified atom stereocenters. The maximum atomic E-state index is 11.2. The Labute approximate surface area is 73.5 Å². The first-order chi connectivity index (χ1) is 5.37. The number of carbonyl (C=O) groups is 1. The summed E-state index contributed by atoms with van der Waals surface area (Å²) in [4.78, 5) is 11.2. The van der Waals surface area contributed by atoms with E-state index in [2.05, 4.69) is 5.32 Å². The molecule has 0 aromatic heterocycles. The zero-order chi connectivity index (χ0) is 9.78. The highest BCUT2D eigenvalue weighted by atomic mass is 16.5. The molecule has 1 amide bonds. The highest BCUT2D eigenvalue weighted by Crippen LogP contribution is 1.98. The Morgan fingerprint density at radius 2 is 2.08 bits per heavy atom. The molecule has 0 aromatic rings. The van der Waals surface area contributed by atoms with Crippen molar-refractivity contribution in [3.05, 3.63) is 0 Å². The molecule has 4 nitrogen and oxygen atoms in total. The number of nitrogens with one attached hydrogen (secondary N) is 1. The van der Waals surface area contributed by atoms with E-state index in [1.165, 1.54) is 7.11 Å². The molecule has 0 radical (unpaired) electrons. The van der Waals surface area contributed by atoms with Gasteiger partial charge in [0.15, 0.2) is 0 Å². The van der Waals surface area contributed by atoms with Gasteiger partial charge in [-0.1, -0.05) is 0 Å². The van der Waals surface area contributed by atoms with Crippen molar-refractivity contribution >= 4 is 5.91 Å². The number of rotatable bonds is 3. The molecule has 0 spiro atoms. The Kier molecular flexibility index (Phi) is 4.20. The van der Waals surface area contributed by atoms with Crippen LogP contribution in [0.5, 0.6) is 0 Å². The van der Waals surface area contributed by atoms with Crippen LogP contribution >= 0.6 is 0 Å². The molecule has 0 bridgehead atoms. The van der Waals surface area contributed by atoms with E-state index in [-0.39, 0.29) is 18.1 Å². The van der Waals surface area contributed by atoms with Gasteiger partial charge in [0.05, 0.1) is 6.61 Å². The molecule has 0 aliphatic carbocycles. The van der Waals surface area contributed by atoms with Crippen molar-refractivity contribution in [2.45, 2.75) is 32.4 Å². The van der Waals surface area contributed by atoms with Gasteiger partial charge in [-0.15, -0.1) is 0 Å². The minimum absolute atomic E-state index is 0.177. The van der Waals surface area contributed by atoms with Gasteiger partial charge in [-0.05, 0) is 20.8 Å². The Bertz CT molecular complexity index is 152. The molecule has 4 heteroatoms. The van der Waals surface area contributed by atoms with Crippen LogP contribution in [-0.4, -0.2) is 31.2 Å². The van der Waals surface area contributed by atoms with Crippen LogP contribution in [0.3, 0.4) is 0 Å². The second-order valence-electron chi connectivity index (χ2n) is 3.80. The smallest absolute Gasteiger partial charge is 0.239 e. The van der Waals surface area contributed by atoms with Crippen molar-refractivity contribution < 1.29 is 9.53 Å². The summed E-state index contributed by atoms with van der Waals surface area (Å²) in [5.74, 6) is -0.177. The maximum Gasteiger partial charge on any atom is 0.239 e. The quantitative estimate of drug-likeness (QED) is 0.626. The van der Waals surface area contributed by atoms with Gasteiger partial charge in [0, 0.05) is 12.6 Å².